The van der Waals surface area contributed by atoms with E-state index in [0.717, 1.165) is 62.6 Å². The normalized spacial score (nSPS) is 16.9. The number of benzene rings is 1. The molecule has 1 saturated carbocycles. The fourth-order valence-corrected chi connectivity index (χ4v) is 5.70. The minimum atomic E-state index is -3.63. The third-order valence-electron chi connectivity index (χ3n) is 7.17. The van der Waals surface area contributed by atoms with Gasteiger partial charge < -0.3 is 20.3 Å². The molecular weight excluding hydrogens is 552 g/mol. The van der Waals surface area contributed by atoms with Crippen LogP contribution in [0.25, 0.3) is 0 Å². The zero-order valence-corrected chi connectivity index (χ0v) is 25.2. The standard InChI is InChI=1S/C27H37ClN8O3S/c1-17(2)40(37,38)26-23(16-35(5)33-26)30-25-21(28)14-29-27(32-25)31-22-12-18(3)19(13-24(22)39-20-6-7-20)15-36-10-8-34(4)9-11-36/h12-14,16-17,20H,6-11,15H2,1-5H3,(H2,29,30,31,32). The van der Waals surface area contributed by atoms with Crippen molar-refractivity contribution >= 4 is 44.6 Å². The van der Waals surface area contributed by atoms with Crippen LogP contribution in [0.15, 0.2) is 29.6 Å². The zero-order chi connectivity index (χ0) is 28.6. The number of piperazine rings is 1. The molecule has 2 fully saturated rings. The van der Waals surface area contributed by atoms with E-state index in [2.05, 4.69) is 61.6 Å². The Hall–Kier alpha value is -2.93. The summed E-state index contributed by atoms with van der Waals surface area (Å²) >= 11 is 6.42. The summed E-state index contributed by atoms with van der Waals surface area (Å²) in [6.45, 7) is 10.4. The van der Waals surface area contributed by atoms with E-state index in [1.807, 2.05) is 0 Å². The Morgan fingerprint density at radius 1 is 1.10 bits per heavy atom. The molecule has 1 aliphatic heterocycles. The van der Waals surface area contributed by atoms with Crippen LogP contribution in [0.1, 0.15) is 37.8 Å². The lowest BCUT2D eigenvalue weighted by atomic mass is 10.1. The molecule has 1 aliphatic carbocycles. The molecule has 0 spiro atoms. The second-order valence-corrected chi connectivity index (χ2v) is 13.8. The van der Waals surface area contributed by atoms with Gasteiger partial charge in [-0.05, 0) is 63.9 Å². The van der Waals surface area contributed by atoms with Gasteiger partial charge in [0.1, 0.15) is 10.8 Å². The Kier molecular flexibility index (Phi) is 8.23. The number of aryl methyl sites for hydroxylation is 2. The predicted octanol–water partition coefficient (Wildman–Crippen LogP) is 4.13. The van der Waals surface area contributed by atoms with Crippen molar-refractivity contribution in [1.82, 2.24) is 29.5 Å². The van der Waals surface area contributed by atoms with Gasteiger partial charge in [-0.15, -0.1) is 0 Å². The smallest absolute Gasteiger partial charge is 0.229 e. The summed E-state index contributed by atoms with van der Waals surface area (Å²) in [4.78, 5) is 13.8. The summed E-state index contributed by atoms with van der Waals surface area (Å²) in [7, 11) is 0.192. The summed E-state index contributed by atoms with van der Waals surface area (Å²) < 4.78 is 33.5. The molecule has 1 aromatic carbocycles. The molecule has 0 unspecified atom stereocenters. The second kappa shape index (κ2) is 11.5. The first-order valence-corrected chi connectivity index (χ1v) is 15.5. The first-order valence-electron chi connectivity index (χ1n) is 13.5. The minimum Gasteiger partial charge on any atom is -0.488 e. The quantitative estimate of drug-likeness (QED) is 0.358. The Bertz CT molecular complexity index is 1480. The van der Waals surface area contributed by atoms with Crippen molar-refractivity contribution in [1.29, 1.82) is 0 Å². The van der Waals surface area contributed by atoms with Crippen molar-refractivity contribution in [2.75, 3.05) is 43.9 Å². The van der Waals surface area contributed by atoms with Crippen LogP contribution in [-0.2, 0) is 23.4 Å². The first kappa shape index (κ1) is 28.6. The van der Waals surface area contributed by atoms with Gasteiger partial charge in [-0.25, -0.2) is 13.4 Å². The predicted molar refractivity (Wildman–Crippen MR) is 157 cm³/mol. The van der Waals surface area contributed by atoms with E-state index in [9.17, 15) is 8.42 Å². The molecule has 5 rings (SSSR count). The Labute approximate surface area is 240 Å². The molecule has 0 atom stereocenters. The van der Waals surface area contributed by atoms with Crippen LogP contribution in [-0.4, -0.2) is 82.5 Å². The fraction of sp³-hybridized carbons (Fsp3) is 0.519. The summed E-state index contributed by atoms with van der Waals surface area (Å²) in [5.74, 6) is 1.33. The largest absolute Gasteiger partial charge is 0.488 e. The van der Waals surface area contributed by atoms with E-state index in [1.165, 1.54) is 16.4 Å². The summed E-state index contributed by atoms with van der Waals surface area (Å²) in [5.41, 5.74) is 3.45. The zero-order valence-electron chi connectivity index (χ0n) is 23.6. The number of hydrogen-bond acceptors (Lipinski definition) is 10. The topological polar surface area (TPSA) is 118 Å². The highest BCUT2D eigenvalue weighted by Crippen LogP contribution is 2.37. The van der Waals surface area contributed by atoms with E-state index >= 15 is 0 Å². The van der Waals surface area contributed by atoms with Crippen molar-refractivity contribution in [2.24, 2.45) is 7.05 Å². The van der Waals surface area contributed by atoms with Gasteiger partial charge in [0.2, 0.25) is 20.8 Å². The average Bonchev–Trinajstić information content (AvgIpc) is 3.64. The summed E-state index contributed by atoms with van der Waals surface area (Å²) in [5, 5.41) is 10.1. The van der Waals surface area contributed by atoms with Crippen LogP contribution < -0.4 is 15.4 Å². The van der Waals surface area contributed by atoms with Crippen LogP contribution in [0.5, 0.6) is 5.75 Å². The average molecular weight is 589 g/mol. The molecule has 3 heterocycles. The third-order valence-corrected chi connectivity index (χ3v) is 9.53. The monoisotopic (exact) mass is 588 g/mol. The van der Waals surface area contributed by atoms with Gasteiger partial charge in [-0.2, -0.15) is 10.1 Å². The van der Waals surface area contributed by atoms with Gasteiger partial charge >= 0.3 is 0 Å². The molecule has 0 radical (unpaired) electrons. The molecule has 2 aliphatic rings. The van der Waals surface area contributed by atoms with Gasteiger partial charge in [0.05, 0.1) is 28.9 Å². The maximum atomic E-state index is 12.9. The summed E-state index contributed by atoms with van der Waals surface area (Å²) in [6.07, 6.45) is 5.36. The molecule has 2 N–H and O–H groups in total. The molecule has 2 aromatic heterocycles. The van der Waals surface area contributed by atoms with Crippen molar-refractivity contribution < 1.29 is 13.2 Å². The molecule has 13 heteroatoms. The Balaban J connectivity index is 1.40. The van der Waals surface area contributed by atoms with Gasteiger partial charge in [0.25, 0.3) is 0 Å². The van der Waals surface area contributed by atoms with Crippen LogP contribution in [0.4, 0.5) is 23.1 Å². The minimum absolute atomic E-state index is 0.0547. The van der Waals surface area contributed by atoms with Crippen molar-refractivity contribution in [3.05, 3.63) is 40.7 Å². The lowest BCUT2D eigenvalue weighted by Crippen LogP contribution is -2.43. The Morgan fingerprint density at radius 3 is 2.50 bits per heavy atom. The molecule has 0 bridgehead atoms. The van der Waals surface area contributed by atoms with Crippen LogP contribution in [0, 0.1) is 6.92 Å². The van der Waals surface area contributed by atoms with Gasteiger partial charge in [-0.3, -0.25) is 9.58 Å². The van der Waals surface area contributed by atoms with E-state index in [1.54, 1.807) is 27.1 Å². The maximum Gasteiger partial charge on any atom is 0.229 e. The van der Waals surface area contributed by atoms with E-state index in [-0.39, 0.29) is 22.0 Å². The van der Waals surface area contributed by atoms with Gasteiger partial charge in [0, 0.05) is 46.0 Å². The third kappa shape index (κ3) is 6.51. The highest BCUT2D eigenvalue weighted by Gasteiger charge is 2.28. The number of hydrogen-bond donors (Lipinski definition) is 2. The number of nitrogens with zero attached hydrogens (tertiary/aromatic N) is 6. The molecule has 216 valence electrons. The highest BCUT2D eigenvalue weighted by atomic mass is 35.5. The van der Waals surface area contributed by atoms with E-state index in [4.69, 9.17) is 16.3 Å². The molecule has 11 nitrogen and oxygen atoms in total. The lowest BCUT2D eigenvalue weighted by Gasteiger charge is -2.32. The Morgan fingerprint density at radius 2 is 1.82 bits per heavy atom. The fourth-order valence-electron chi connectivity index (χ4n) is 4.46. The first-order chi connectivity index (χ1) is 19.0. The van der Waals surface area contributed by atoms with Crippen molar-refractivity contribution in [2.45, 2.75) is 56.5 Å². The van der Waals surface area contributed by atoms with Crippen LogP contribution in [0.3, 0.4) is 0 Å². The number of ether oxygens (including phenoxy) is 1. The number of likely N-dealkylation sites (N-methyl/N-ethyl adjacent to an activating group) is 1. The number of nitrogens with one attached hydrogen (secondary N) is 2. The lowest BCUT2D eigenvalue weighted by molar-refractivity contribution is 0.148. The molecule has 0 amide bonds. The molecular formula is C27H37ClN8O3S. The van der Waals surface area contributed by atoms with E-state index < -0.39 is 15.1 Å². The van der Waals surface area contributed by atoms with Crippen LogP contribution >= 0.6 is 11.6 Å². The number of rotatable bonds is 10. The SMILES string of the molecule is Cc1cc(Nc2ncc(Cl)c(Nc3cn(C)nc3S(=O)(=O)C(C)C)n2)c(OC2CC2)cc1CN1CCN(C)CC1. The van der Waals surface area contributed by atoms with Crippen LogP contribution in [0.2, 0.25) is 5.02 Å². The van der Waals surface area contributed by atoms with E-state index in [0.29, 0.717) is 11.6 Å². The summed E-state index contributed by atoms with van der Waals surface area (Å²) in [6, 6.07) is 4.20. The number of anilines is 4. The van der Waals surface area contributed by atoms with Crippen molar-refractivity contribution in [3.63, 3.8) is 0 Å². The maximum absolute atomic E-state index is 12.9. The molecule has 3 aromatic rings. The van der Waals surface area contributed by atoms with Gasteiger partial charge in [-0.1, -0.05) is 11.6 Å². The van der Waals surface area contributed by atoms with Crippen molar-refractivity contribution in [3.8, 4) is 5.75 Å². The molecule has 1 saturated heterocycles. The molecule has 40 heavy (non-hydrogen) atoms. The second-order valence-electron chi connectivity index (χ2n) is 10.9. The number of sulfone groups is 1. The number of halogens is 1. The highest BCUT2D eigenvalue weighted by molar-refractivity contribution is 7.92. The van der Waals surface area contributed by atoms with Gasteiger partial charge in [0.15, 0.2) is 5.82 Å². The number of aromatic nitrogens is 4.